The summed E-state index contributed by atoms with van der Waals surface area (Å²) in [6.45, 7) is 9.26. The van der Waals surface area contributed by atoms with Crippen LogP contribution in [0.15, 0.2) is 218 Å². The van der Waals surface area contributed by atoms with Crippen LogP contribution in [0.25, 0.3) is 72.0 Å². The highest BCUT2D eigenvalue weighted by molar-refractivity contribution is 6.10. The van der Waals surface area contributed by atoms with Crippen molar-refractivity contribution in [3.05, 3.63) is 263 Å². The summed E-state index contributed by atoms with van der Waals surface area (Å²) in [6.07, 6.45) is 0. The van der Waals surface area contributed by atoms with E-state index < -0.39 is 5.41 Å². The number of benzene rings is 10. The Morgan fingerprint density at radius 2 is 0.897 bits per heavy atom. The Labute approximate surface area is 398 Å². The molecule has 0 saturated heterocycles. The Bertz CT molecular complexity index is 3800. The average Bonchev–Trinajstić information content (AvgIpc) is 4.04. The number of aryl methyl sites for hydroxylation is 2. The van der Waals surface area contributed by atoms with E-state index in [2.05, 4.69) is 256 Å². The standard InChI is InChI=1S/C66H48N2/c1-41-25-33-50-51-34-26-42(2)38-59(51)66(58(50)37-41)56-21-14-24-63(64(56)54-36-32-47(40-60(54)66)68-61-22-12-9-18-52(61)53-19-10-13-23-62(53)68)67(45-29-27-44(28-30-45)43-15-6-5-7-16-43)46-31-35-49-48-17-8-11-20-55(48)65(3,4)57(49)39-46/h5-40H,1-4H3. The summed E-state index contributed by atoms with van der Waals surface area (Å²) < 4.78 is 2.48. The first-order valence-electron chi connectivity index (χ1n) is 24.0. The summed E-state index contributed by atoms with van der Waals surface area (Å²) in [7, 11) is 0. The van der Waals surface area contributed by atoms with Gasteiger partial charge in [0.1, 0.15) is 0 Å². The van der Waals surface area contributed by atoms with Gasteiger partial charge in [0.25, 0.3) is 0 Å². The fraction of sp³-hybridized carbons (Fsp3) is 0.0909. The third kappa shape index (κ3) is 5.23. The van der Waals surface area contributed by atoms with Crippen LogP contribution >= 0.6 is 0 Å². The molecule has 1 spiro atoms. The predicted octanol–water partition coefficient (Wildman–Crippen LogP) is 17.2. The van der Waals surface area contributed by atoms with E-state index in [-0.39, 0.29) is 5.41 Å². The molecule has 0 radical (unpaired) electrons. The molecule has 3 aliphatic rings. The molecule has 68 heavy (non-hydrogen) atoms. The summed E-state index contributed by atoms with van der Waals surface area (Å²) >= 11 is 0. The van der Waals surface area contributed by atoms with E-state index in [4.69, 9.17) is 0 Å². The molecule has 0 N–H and O–H groups in total. The molecule has 2 nitrogen and oxygen atoms in total. The zero-order chi connectivity index (χ0) is 45.5. The number of rotatable bonds is 5. The summed E-state index contributed by atoms with van der Waals surface area (Å²) in [5.41, 5.74) is 27.1. The van der Waals surface area contributed by atoms with Crippen LogP contribution in [0, 0.1) is 13.8 Å². The Kier molecular flexibility index (Phi) is 8.12. The first-order chi connectivity index (χ1) is 33.3. The van der Waals surface area contributed by atoms with Gasteiger partial charge in [0, 0.05) is 38.8 Å². The van der Waals surface area contributed by atoms with Gasteiger partial charge in [-0.3, -0.25) is 0 Å². The average molecular weight is 869 g/mol. The quantitative estimate of drug-likeness (QED) is 0.167. The summed E-state index contributed by atoms with van der Waals surface area (Å²) in [5, 5.41) is 2.53. The number of hydrogen-bond acceptors (Lipinski definition) is 1. The highest BCUT2D eigenvalue weighted by atomic mass is 15.1. The van der Waals surface area contributed by atoms with E-state index >= 15 is 0 Å². The van der Waals surface area contributed by atoms with Gasteiger partial charge in [-0.2, -0.15) is 0 Å². The third-order valence-electron chi connectivity index (χ3n) is 15.7. The van der Waals surface area contributed by atoms with Crippen LogP contribution in [0.3, 0.4) is 0 Å². The molecule has 3 aliphatic carbocycles. The molecule has 0 fully saturated rings. The zero-order valence-electron chi connectivity index (χ0n) is 38.7. The second-order valence-electron chi connectivity index (χ2n) is 19.8. The van der Waals surface area contributed by atoms with Crippen molar-refractivity contribution in [2.45, 2.75) is 38.5 Å². The lowest BCUT2D eigenvalue weighted by molar-refractivity contribution is 0.660. The van der Waals surface area contributed by atoms with Crippen molar-refractivity contribution in [1.29, 1.82) is 0 Å². The fourth-order valence-electron chi connectivity index (χ4n) is 12.7. The molecule has 0 unspecified atom stereocenters. The van der Waals surface area contributed by atoms with Gasteiger partial charge in [-0.1, -0.05) is 189 Å². The normalized spacial score (nSPS) is 14.1. The summed E-state index contributed by atoms with van der Waals surface area (Å²) in [6, 6.07) is 82.6. The molecule has 322 valence electrons. The van der Waals surface area contributed by atoms with Crippen molar-refractivity contribution in [1.82, 2.24) is 4.57 Å². The van der Waals surface area contributed by atoms with E-state index in [0.29, 0.717) is 0 Å². The maximum Gasteiger partial charge on any atom is 0.0727 e. The second kappa shape index (κ2) is 14.2. The fourth-order valence-corrected chi connectivity index (χ4v) is 12.7. The molecule has 10 aromatic carbocycles. The molecule has 11 aromatic rings. The lowest BCUT2D eigenvalue weighted by atomic mass is 9.70. The molecule has 0 saturated carbocycles. The van der Waals surface area contributed by atoms with Crippen LogP contribution in [0.5, 0.6) is 0 Å². The third-order valence-corrected chi connectivity index (χ3v) is 15.7. The Hall–Kier alpha value is -8.20. The lowest BCUT2D eigenvalue weighted by Crippen LogP contribution is -2.26. The van der Waals surface area contributed by atoms with Crippen LogP contribution in [0.4, 0.5) is 17.1 Å². The largest absolute Gasteiger partial charge is 0.310 e. The molecule has 1 aromatic heterocycles. The van der Waals surface area contributed by atoms with Gasteiger partial charge < -0.3 is 9.47 Å². The van der Waals surface area contributed by atoms with Crippen molar-refractivity contribution in [2.75, 3.05) is 4.90 Å². The van der Waals surface area contributed by atoms with Crippen molar-refractivity contribution in [2.24, 2.45) is 0 Å². The van der Waals surface area contributed by atoms with Crippen LogP contribution < -0.4 is 4.90 Å². The number of fused-ring (bicyclic) bond motifs is 16. The SMILES string of the molecule is Cc1ccc2c(c1)C1(c3cc(C)ccc3-2)c2cc(-n3c4ccccc4c4ccccc43)ccc2-c2c(N(c3ccc(-c4ccccc4)cc3)c3ccc4c(c3)C(C)(C)c3ccccc3-4)cccc21. The van der Waals surface area contributed by atoms with E-state index in [9.17, 15) is 0 Å². The Balaban J connectivity index is 1.07. The number of para-hydroxylation sites is 2. The molecule has 0 bridgehead atoms. The minimum absolute atomic E-state index is 0.156. The molecule has 2 heteroatoms. The first-order valence-corrected chi connectivity index (χ1v) is 24.0. The molecular formula is C66H48N2. The van der Waals surface area contributed by atoms with E-state index in [1.54, 1.807) is 0 Å². The van der Waals surface area contributed by atoms with Gasteiger partial charge in [0.15, 0.2) is 0 Å². The Morgan fingerprint density at radius 3 is 1.60 bits per heavy atom. The predicted molar refractivity (Wildman–Crippen MR) is 284 cm³/mol. The number of anilines is 3. The molecule has 0 amide bonds. The number of nitrogens with zero attached hydrogens (tertiary/aromatic N) is 2. The number of hydrogen-bond donors (Lipinski definition) is 0. The van der Waals surface area contributed by atoms with Gasteiger partial charge in [0.2, 0.25) is 0 Å². The van der Waals surface area contributed by atoms with Gasteiger partial charge in [0.05, 0.1) is 22.1 Å². The highest BCUT2D eigenvalue weighted by Gasteiger charge is 2.53. The molecule has 0 atom stereocenters. The first kappa shape index (κ1) is 39.0. The molecule has 0 aliphatic heterocycles. The smallest absolute Gasteiger partial charge is 0.0727 e. The maximum atomic E-state index is 2.54. The van der Waals surface area contributed by atoms with Crippen molar-refractivity contribution < 1.29 is 0 Å². The van der Waals surface area contributed by atoms with Gasteiger partial charge >= 0.3 is 0 Å². The van der Waals surface area contributed by atoms with Gasteiger partial charge in [-0.05, 0) is 141 Å². The zero-order valence-corrected chi connectivity index (χ0v) is 38.7. The van der Waals surface area contributed by atoms with E-state index in [0.717, 1.165) is 11.4 Å². The van der Waals surface area contributed by atoms with Gasteiger partial charge in [-0.25, -0.2) is 0 Å². The van der Waals surface area contributed by atoms with Crippen molar-refractivity contribution in [3.63, 3.8) is 0 Å². The molecular weight excluding hydrogens is 821 g/mol. The Morgan fingerprint density at radius 1 is 0.368 bits per heavy atom. The second-order valence-corrected chi connectivity index (χ2v) is 19.8. The van der Waals surface area contributed by atoms with Crippen molar-refractivity contribution in [3.8, 4) is 50.2 Å². The van der Waals surface area contributed by atoms with Crippen LogP contribution in [0.2, 0.25) is 0 Å². The monoisotopic (exact) mass is 868 g/mol. The topological polar surface area (TPSA) is 8.17 Å². The van der Waals surface area contributed by atoms with Crippen LogP contribution in [-0.2, 0) is 10.8 Å². The summed E-state index contributed by atoms with van der Waals surface area (Å²) in [5.74, 6) is 0. The van der Waals surface area contributed by atoms with E-state index in [1.807, 2.05) is 0 Å². The van der Waals surface area contributed by atoms with E-state index in [1.165, 1.54) is 122 Å². The molecule has 1 heterocycles. The summed E-state index contributed by atoms with van der Waals surface area (Å²) in [4.78, 5) is 2.54. The van der Waals surface area contributed by atoms with Gasteiger partial charge in [-0.15, -0.1) is 0 Å². The van der Waals surface area contributed by atoms with Crippen LogP contribution in [0.1, 0.15) is 58.4 Å². The lowest BCUT2D eigenvalue weighted by Gasteiger charge is -2.32. The number of aromatic nitrogens is 1. The minimum atomic E-state index is -0.567. The highest BCUT2D eigenvalue weighted by Crippen LogP contribution is 2.65. The van der Waals surface area contributed by atoms with Crippen molar-refractivity contribution >= 4 is 38.9 Å². The van der Waals surface area contributed by atoms with Crippen LogP contribution in [-0.4, -0.2) is 4.57 Å². The molecule has 14 rings (SSSR count). The maximum absolute atomic E-state index is 2.54. The minimum Gasteiger partial charge on any atom is -0.310 e.